The highest BCUT2D eigenvalue weighted by Crippen LogP contribution is 2.20. The zero-order valence-corrected chi connectivity index (χ0v) is 14.7. The highest BCUT2D eigenvalue weighted by molar-refractivity contribution is 6.30. The molecule has 0 radical (unpaired) electrons. The second-order valence-electron chi connectivity index (χ2n) is 6.03. The van der Waals surface area contributed by atoms with Crippen molar-refractivity contribution in [2.45, 2.75) is 33.2 Å². The lowest BCUT2D eigenvalue weighted by Gasteiger charge is -2.15. The Morgan fingerprint density at radius 2 is 2.08 bits per heavy atom. The van der Waals surface area contributed by atoms with E-state index < -0.39 is 23.7 Å². The van der Waals surface area contributed by atoms with Crippen LogP contribution in [0.15, 0.2) is 18.2 Å². The van der Waals surface area contributed by atoms with Crippen LogP contribution in [0.25, 0.3) is 5.69 Å². The number of nitrogens with zero attached hydrogens (tertiary/aromatic N) is 3. The lowest BCUT2D eigenvalue weighted by atomic mass is 10.0. The number of halogens is 2. The van der Waals surface area contributed by atoms with Crippen LogP contribution in [0.1, 0.15) is 36.5 Å². The van der Waals surface area contributed by atoms with Gasteiger partial charge in [0.05, 0.1) is 16.4 Å². The molecule has 9 heteroatoms. The number of carbonyl (C=O) groups excluding carboxylic acids is 1. The number of nitrogens with one attached hydrogen (secondary N) is 1. The van der Waals surface area contributed by atoms with Crippen molar-refractivity contribution < 1.29 is 19.1 Å². The second-order valence-corrected chi connectivity index (χ2v) is 6.43. The minimum Gasteiger partial charge on any atom is -0.480 e. The van der Waals surface area contributed by atoms with E-state index in [4.69, 9.17) is 11.6 Å². The largest absolute Gasteiger partial charge is 0.480 e. The Balaban J connectivity index is 2.26. The van der Waals surface area contributed by atoms with Crippen molar-refractivity contribution in [3.63, 3.8) is 0 Å². The van der Waals surface area contributed by atoms with Gasteiger partial charge in [-0.1, -0.05) is 30.7 Å². The summed E-state index contributed by atoms with van der Waals surface area (Å²) in [5, 5.41) is 19.3. The lowest BCUT2D eigenvalue weighted by molar-refractivity contribution is -0.139. The van der Waals surface area contributed by atoms with E-state index in [0.717, 1.165) is 0 Å². The van der Waals surface area contributed by atoms with Gasteiger partial charge in [-0.25, -0.2) is 13.9 Å². The van der Waals surface area contributed by atoms with Gasteiger partial charge in [-0.15, -0.1) is 5.10 Å². The SMILES string of the molecule is Cc1c(C(=O)N[C@@H](CC(C)C)C(=O)O)nnn1-c1ccc(F)c(Cl)c1. The van der Waals surface area contributed by atoms with Crippen molar-refractivity contribution in [3.05, 3.63) is 40.4 Å². The molecule has 0 aliphatic rings. The Labute approximate surface area is 148 Å². The third kappa shape index (κ3) is 4.33. The fourth-order valence-electron chi connectivity index (χ4n) is 2.32. The number of hydrogen-bond acceptors (Lipinski definition) is 4. The Morgan fingerprint density at radius 3 is 2.64 bits per heavy atom. The molecule has 7 nitrogen and oxygen atoms in total. The lowest BCUT2D eigenvalue weighted by Crippen LogP contribution is -2.42. The van der Waals surface area contributed by atoms with Gasteiger partial charge in [-0.3, -0.25) is 4.79 Å². The molecule has 0 aliphatic carbocycles. The summed E-state index contributed by atoms with van der Waals surface area (Å²) >= 11 is 5.76. The number of amides is 1. The molecule has 1 amide bonds. The maximum absolute atomic E-state index is 13.3. The molecule has 134 valence electrons. The third-order valence-corrected chi connectivity index (χ3v) is 3.86. The Morgan fingerprint density at radius 1 is 1.40 bits per heavy atom. The van der Waals surface area contributed by atoms with E-state index in [9.17, 15) is 19.1 Å². The molecule has 0 saturated heterocycles. The van der Waals surface area contributed by atoms with E-state index in [-0.39, 0.29) is 16.6 Å². The van der Waals surface area contributed by atoms with E-state index in [1.807, 2.05) is 13.8 Å². The molecule has 0 saturated carbocycles. The van der Waals surface area contributed by atoms with Gasteiger partial charge in [0.2, 0.25) is 0 Å². The first-order valence-corrected chi connectivity index (χ1v) is 8.00. The molecule has 2 N–H and O–H groups in total. The number of hydrogen-bond donors (Lipinski definition) is 2. The number of rotatable bonds is 6. The molecule has 2 rings (SSSR count). The molecule has 1 atom stereocenters. The van der Waals surface area contributed by atoms with Crippen molar-refractivity contribution in [3.8, 4) is 5.69 Å². The maximum atomic E-state index is 13.3. The molecular weight excluding hydrogens is 351 g/mol. The van der Waals surface area contributed by atoms with Crippen LogP contribution in [0.5, 0.6) is 0 Å². The number of carboxylic acid groups (broad SMARTS) is 1. The number of carboxylic acids is 1. The van der Waals surface area contributed by atoms with E-state index in [1.165, 1.54) is 22.9 Å². The smallest absolute Gasteiger partial charge is 0.326 e. The maximum Gasteiger partial charge on any atom is 0.326 e. The van der Waals surface area contributed by atoms with Crippen LogP contribution in [0.2, 0.25) is 5.02 Å². The molecular formula is C16H18ClFN4O3. The zero-order chi connectivity index (χ0) is 18.7. The first-order chi connectivity index (χ1) is 11.7. The summed E-state index contributed by atoms with van der Waals surface area (Å²) in [6.45, 7) is 5.33. The van der Waals surface area contributed by atoms with Gasteiger partial charge in [0, 0.05) is 0 Å². The number of carbonyl (C=O) groups is 2. The van der Waals surface area contributed by atoms with Gasteiger partial charge in [0.1, 0.15) is 11.9 Å². The molecule has 0 unspecified atom stereocenters. The summed E-state index contributed by atoms with van der Waals surface area (Å²) in [6, 6.07) is 2.97. The van der Waals surface area contributed by atoms with Gasteiger partial charge in [-0.05, 0) is 37.5 Å². The molecule has 1 aromatic heterocycles. The normalized spacial score (nSPS) is 12.2. The number of aliphatic carboxylic acids is 1. The average molecular weight is 369 g/mol. The molecule has 0 spiro atoms. The van der Waals surface area contributed by atoms with Crippen LogP contribution in [0.3, 0.4) is 0 Å². The molecule has 25 heavy (non-hydrogen) atoms. The summed E-state index contributed by atoms with van der Waals surface area (Å²) in [5.41, 5.74) is 0.816. The van der Waals surface area contributed by atoms with Crippen molar-refractivity contribution in [2.24, 2.45) is 5.92 Å². The van der Waals surface area contributed by atoms with Crippen LogP contribution < -0.4 is 5.32 Å². The summed E-state index contributed by atoms with van der Waals surface area (Å²) in [4.78, 5) is 23.6. The fourth-order valence-corrected chi connectivity index (χ4v) is 2.50. The molecule has 2 aromatic rings. The molecule has 1 heterocycles. The summed E-state index contributed by atoms with van der Waals surface area (Å²) in [5.74, 6) is -2.22. The fraction of sp³-hybridized carbons (Fsp3) is 0.375. The van der Waals surface area contributed by atoms with Gasteiger partial charge < -0.3 is 10.4 Å². The minimum atomic E-state index is -1.11. The van der Waals surface area contributed by atoms with Gasteiger partial charge in [0.15, 0.2) is 5.69 Å². The predicted octanol–water partition coefficient (Wildman–Crippen LogP) is 2.60. The van der Waals surface area contributed by atoms with E-state index >= 15 is 0 Å². The van der Waals surface area contributed by atoms with Gasteiger partial charge >= 0.3 is 5.97 Å². The van der Waals surface area contributed by atoms with Gasteiger partial charge in [0.25, 0.3) is 5.91 Å². The summed E-state index contributed by atoms with van der Waals surface area (Å²) in [6.07, 6.45) is 0.293. The van der Waals surface area contributed by atoms with Crippen molar-refractivity contribution >= 4 is 23.5 Å². The van der Waals surface area contributed by atoms with Crippen LogP contribution in [0.4, 0.5) is 4.39 Å². The second kappa shape index (κ2) is 7.60. The van der Waals surface area contributed by atoms with Crippen molar-refractivity contribution in [2.75, 3.05) is 0 Å². The highest BCUT2D eigenvalue weighted by atomic mass is 35.5. The van der Waals surface area contributed by atoms with E-state index in [1.54, 1.807) is 6.92 Å². The third-order valence-electron chi connectivity index (χ3n) is 3.57. The van der Waals surface area contributed by atoms with Crippen molar-refractivity contribution in [1.82, 2.24) is 20.3 Å². The van der Waals surface area contributed by atoms with Crippen LogP contribution in [-0.4, -0.2) is 38.0 Å². The summed E-state index contributed by atoms with van der Waals surface area (Å²) in [7, 11) is 0. The highest BCUT2D eigenvalue weighted by Gasteiger charge is 2.25. The Kier molecular flexibility index (Phi) is 5.73. The Bertz CT molecular complexity index is 807. The number of aromatic nitrogens is 3. The van der Waals surface area contributed by atoms with Crippen molar-refractivity contribution in [1.29, 1.82) is 0 Å². The monoisotopic (exact) mass is 368 g/mol. The molecule has 1 aromatic carbocycles. The summed E-state index contributed by atoms with van der Waals surface area (Å²) < 4.78 is 14.6. The Hall–Kier alpha value is -2.48. The topological polar surface area (TPSA) is 97.1 Å². The zero-order valence-electron chi connectivity index (χ0n) is 14.0. The molecule has 0 fully saturated rings. The average Bonchev–Trinajstić information content (AvgIpc) is 2.90. The number of benzene rings is 1. The predicted molar refractivity (Wildman–Crippen MR) is 89.4 cm³/mol. The molecule has 0 bridgehead atoms. The van der Waals surface area contributed by atoms with Crippen LogP contribution in [-0.2, 0) is 4.79 Å². The first kappa shape index (κ1) is 18.9. The van der Waals surface area contributed by atoms with Gasteiger partial charge in [-0.2, -0.15) is 0 Å². The first-order valence-electron chi connectivity index (χ1n) is 7.62. The minimum absolute atomic E-state index is 0.00421. The molecule has 0 aliphatic heterocycles. The van der Waals surface area contributed by atoms with E-state index in [0.29, 0.717) is 17.8 Å². The van der Waals surface area contributed by atoms with Crippen LogP contribution >= 0.6 is 11.6 Å². The van der Waals surface area contributed by atoms with E-state index in [2.05, 4.69) is 15.6 Å². The quantitative estimate of drug-likeness (QED) is 0.816. The standard InChI is InChI=1S/C16H18ClFN4O3/c1-8(2)6-13(16(24)25)19-15(23)14-9(3)22(21-20-14)10-4-5-12(18)11(17)7-10/h4-5,7-8,13H,6H2,1-3H3,(H,19,23)(H,24,25)/t13-/m0/s1. The van der Waals surface area contributed by atoms with Crippen LogP contribution in [0, 0.1) is 18.7 Å².